The molecule has 0 aliphatic heterocycles. The first-order valence-electron chi connectivity index (χ1n) is 5.89. The first-order chi connectivity index (χ1) is 10.3. The Labute approximate surface area is 133 Å². The zero-order chi connectivity index (χ0) is 16.3. The number of benzene rings is 2. The maximum atomic E-state index is 13.4. The number of rotatable bonds is 3. The van der Waals surface area contributed by atoms with Crippen molar-refractivity contribution in [2.45, 2.75) is 6.18 Å². The lowest BCUT2D eigenvalue weighted by Crippen LogP contribution is -2.05. The molecule has 0 heterocycles. The van der Waals surface area contributed by atoms with Gasteiger partial charge in [-0.3, -0.25) is 5.43 Å². The van der Waals surface area contributed by atoms with Gasteiger partial charge in [-0.05, 0) is 18.2 Å². The van der Waals surface area contributed by atoms with E-state index in [0.29, 0.717) is 0 Å². The summed E-state index contributed by atoms with van der Waals surface area (Å²) in [5, 5.41) is 3.23. The molecular weight excluding hydrogens is 343 g/mol. The standard InChI is InChI=1S/C14H8Cl2F4N2/c15-10-5-9(14(18,19)20)6-11(16)13(10)22-21-7-8-3-1-2-4-12(8)17/h1-7,22H/b21-7+. The Morgan fingerprint density at radius 2 is 1.64 bits per heavy atom. The molecule has 0 fully saturated rings. The van der Waals surface area contributed by atoms with Crippen LogP contribution in [0.3, 0.4) is 0 Å². The quantitative estimate of drug-likeness (QED) is 0.435. The van der Waals surface area contributed by atoms with Gasteiger partial charge in [0, 0.05) is 5.56 Å². The van der Waals surface area contributed by atoms with Gasteiger partial charge in [-0.2, -0.15) is 18.3 Å². The van der Waals surface area contributed by atoms with E-state index in [0.717, 1.165) is 12.1 Å². The Bertz CT molecular complexity index is 691. The molecule has 0 amide bonds. The number of hydrogen-bond donors (Lipinski definition) is 1. The van der Waals surface area contributed by atoms with Crippen molar-refractivity contribution in [3.63, 3.8) is 0 Å². The minimum Gasteiger partial charge on any atom is -0.275 e. The van der Waals surface area contributed by atoms with Crippen LogP contribution < -0.4 is 5.43 Å². The molecule has 0 saturated carbocycles. The van der Waals surface area contributed by atoms with E-state index in [1.54, 1.807) is 6.07 Å². The topological polar surface area (TPSA) is 24.4 Å². The molecule has 22 heavy (non-hydrogen) atoms. The van der Waals surface area contributed by atoms with Crippen LogP contribution in [0.2, 0.25) is 10.0 Å². The summed E-state index contributed by atoms with van der Waals surface area (Å²) in [6.07, 6.45) is -3.39. The number of alkyl halides is 3. The Morgan fingerprint density at radius 3 is 2.18 bits per heavy atom. The first-order valence-corrected chi connectivity index (χ1v) is 6.64. The lowest BCUT2D eigenvalue weighted by atomic mass is 10.2. The Balaban J connectivity index is 2.22. The normalized spacial score (nSPS) is 11.9. The Hall–Kier alpha value is -1.79. The molecule has 0 aliphatic carbocycles. The van der Waals surface area contributed by atoms with Gasteiger partial charge in [-0.25, -0.2) is 4.39 Å². The van der Waals surface area contributed by atoms with E-state index in [2.05, 4.69) is 10.5 Å². The average molecular weight is 351 g/mol. The third-order valence-electron chi connectivity index (χ3n) is 2.65. The largest absolute Gasteiger partial charge is 0.416 e. The van der Waals surface area contributed by atoms with Crippen molar-refractivity contribution in [2.24, 2.45) is 5.10 Å². The molecule has 0 aromatic heterocycles. The zero-order valence-corrected chi connectivity index (χ0v) is 12.3. The van der Waals surface area contributed by atoms with Crippen LogP contribution in [0.15, 0.2) is 41.5 Å². The minimum atomic E-state index is -4.55. The van der Waals surface area contributed by atoms with Gasteiger partial charge in [-0.1, -0.05) is 41.4 Å². The van der Waals surface area contributed by atoms with Crippen molar-refractivity contribution in [1.82, 2.24) is 0 Å². The van der Waals surface area contributed by atoms with Crippen LogP contribution in [0.1, 0.15) is 11.1 Å². The Kier molecular flexibility index (Phi) is 4.93. The van der Waals surface area contributed by atoms with Crippen LogP contribution >= 0.6 is 23.2 Å². The molecule has 2 aromatic carbocycles. The summed E-state index contributed by atoms with van der Waals surface area (Å²) in [4.78, 5) is 0. The van der Waals surface area contributed by atoms with E-state index in [9.17, 15) is 17.6 Å². The monoisotopic (exact) mass is 350 g/mol. The molecule has 0 spiro atoms. The number of hydrazone groups is 1. The van der Waals surface area contributed by atoms with Gasteiger partial charge in [-0.15, -0.1) is 0 Å². The van der Waals surface area contributed by atoms with Crippen molar-refractivity contribution in [3.05, 3.63) is 63.4 Å². The van der Waals surface area contributed by atoms with Gasteiger partial charge >= 0.3 is 6.18 Å². The van der Waals surface area contributed by atoms with Crippen molar-refractivity contribution in [3.8, 4) is 0 Å². The van der Waals surface area contributed by atoms with E-state index in [4.69, 9.17) is 23.2 Å². The van der Waals surface area contributed by atoms with E-state index in [1.807, 2.05) is 0 Å². The average Bonchev–Trinajstić information content (AvgIpc) is 2.42. The van der Waals surface area contributed by atoms with Gasteiger partial charge in [0.25, 0.3) is 0 Å². The van der Waals surface area contributed by atoms with E-state index in [-0.39, 0.29) is 21.3 Å². The molecule has 1 N–H and O–H groups in total. The third kappa shape index (κ3) is 3.90. The molecule has 116 valence electrons. The van der Waals surface area contributed by atoms with Crippen LogP contribution in [-0.4, -0.2) is 6.21 Å². The highest BCUT2D eigenvalue weighted by Crippen LogP contribution is 2.38. The van der Waals surface area contributed by atoms with Crippen molar-refractivity contribution in [1.29, 1.82) is 0 Å². The SMILES string of the molecule is Fc1ccccc1/C=N/Nc1c(Cl)cc(C(F)(F)F)cc1Cl. The Morgan fingerprint density at radius 1 is 1.05 bits per heavy atom. The molecule has 0 unspecified atom stereocenters. The number of nitrogens with one attached hydrogen (secondary N) is 1. The summed E-state index contributed by atoms with van der Waals surface area (Å²) < 4.78 is 51.1. The molecule has 0 saturated heterocycles. The zero-order valence-electron chi connectivity index (χ0n) is 10.8. The molecule has 2 rings (SSSR count). The molecule has 0 radical (unpaired) electrons. The van der Waals surface area contributed by atoms with Crippen molar-refractivity contribution < 1.29 is 17.6 Å². The predicted octanol–water partition coefficient (Wildman–Crippen LogP) is 5.60. The lowest BCUT2D eigenvalue weighted by Gasteiger charge is -2.11. The van der Waals surface area contributed by atoms with Gasteiger partial charge < -0.3 is 0 Å². The highest BCUT2D eigenvalue weighted by atomic mass is 35.5. The maximum absolute atomic E-state index is 13.4. The van der Waals surface area contributed by atoms with E-state index in [1.165, 1.54) is 24.4 Å². The molecule has 0 bridgehead atoms. The smallest absolute Gasteiger partial charge is 0.275 e. The second kappa shape index (κ2) is 6.54. The number of nitrogens with zero attached hydrogens (tertiary/aromatic N) is 1. The van der Waals surface area contributed by atoms with Gasteiger partial charge in [0.2, 0.25) is 0 Å². The number of halogens is 6. The summed E-state index contributed by atoms with van der Waals surface area (Å²) in [6.45, 7) is 0. The molecule has 8 heteroatoms. The van der Waals surface area contributed by atoms with Crippen molar-refractivity contribution in [2.75, 3.05) is 5.43 Å². The predicted molar refractivity (Wildman–Crippen MR) is 79.1 cm³/mol. The molecular formula is C14H8Cl2F4N2. The van der Waals surface area contributed by atoms with Crippen LogP contribution in [0, 0.1) is 5.82 Å². The summed E-state index contributed by atoms with van der Waals surface area (Å²) in [7, 11) is 0. The van der Waals surface area contributed by atoms with Crippen LogP contribution in [0.5, 0.6) is 0 Å². The van der Waals surface area contributed by atoms with E-state index < -0.39 is 17.6 Å². The lowest BCUT2D eigenvalue weighted by molar-refractivity contribution is -0.137. The molecule has 2 nitrogen and oxygen atoms in total. The summed E-state index contributed by atoms with van der Waals surface area (Å²) in [6, 6.07) is 7.32. The second-order valence-corrected chi connectivity index (χ2v) is 5.02. The fourth-order valence-electron chi connectivity index (χ4n) is 1.59. The van der Waals surface area contributed by atoms with Gasteiger partial charge in [0.05, 0.1) is 27.5 Å². The molecule has 0 atom stereocenters. The van der Waals surface area contributed by atoms with Gasteiger partial charge in [0.1, 0.15) is 5.82 Å². The first kappa shape index (κ1) is 16.6. The van der Waals surface area contributed by atoms with E-state index >= 15 is 0 Å². The number of anilines is 1. The second-order valence-electron chi connectivity index (χ2n) is 4.20. The summed E-state index contributed by atoms with van der Waals surface area (Å²) in [5.41, 5.74) is 1.65. The highest BCUT2D eigenvalue weighted by molar-refractivity contribution is 6.39. The van der Waals surface area contributed by atoms with Crippen LogP contribution in [0.25, 0.3) is 0 Å². The van der Waals surface area contributed by atoms with Crippen LogP contribution in [0.4, 0.5) is 23.2 Å². The molecule has 2 aromatic rings. The van der Waals surface area contributed by atoms with Crippen molar-refractivity contribution >= 4 is 35.1 Å². The van der Waals surface area contributed by atoms with Gasteiger partial charge in [0.15, 0.2) is 0 Å². The highest BCUT2D eigenvalue weighted by Gasteiger charge is 2.32. The summed E-state index contributed by atoms with van der Waals surface area (Å²) >= 11 is 11.5. The minimum absolute atomic E-state index is 0.00363. The van der Waals surface area contributed by atoms with Crippen LogP contribution in [-0.2, 0) is 6.18 Å². The summed E-state index contributed by atoms with van der Waals surface area (Å²) in [5.74, 6) is -0.488. The maximum Gasteiger partial charge on any atom is 0.416 e. The fourth-order valence-corrected chi connectivity index (χ4v) is 2.16. The molecule has 0 aliphatic rings. The third-order valence-corrected chi connectivity index (χ3v) is 3.25. The fraction of sp³-hybridized carbons (Fsp3) is 0.0714. The number of hydrogen-bond acceptors (Lipinski definition) is 2.